The molecule has 0 spiro atoms. The molecule has 0 fully saturated rings. The van der Waals surface area contributed by atoms with Gasteiger partial charge >= 0.3 is 0 Å². The SMILES string of the molecule is NCC#Cc1ccccc1C(=O)Nc1ccc(Cl)cn1. The van der Waals surface area contributed by atoms with Crippen LogP contribution in [0.2, 0.25) is 5.02 Å². The third-order valence-corrected chi connectivity index (χ3v) is 2.69. The number of hydrogen-bond acceptors (Lipinski definition) is 3. The van der Waals surface area contributed by atoms with E-state index in [0.717, 1.165) is 0 Å². The zero-order valence-electron chi connectivity index (χ0n) is 10.6. The Labute approximate surface area is 122 Å². The highest BCUT2D eigenvalue weighted by Crippen LogP contribution is 2.13. The first kappa shape index (κ1) is 14.1. The average molecular weight is 286 g/mol. The predicted octanol–water partition coefficient (Wildman–Crippen LogP) is 2.30. The second-order valence-corrected chi connectivity index (χ2v) is 4.30. The van der Waals surface area contributed by atoms with Crippen LogP contribution in [0.1, 0.15) is 15.9 Å². The molecule has 0 saturated heterocycles. The van der Waals surface area contributed by atoms with Gasteiger partial charge < -0.3 is 11.1 Å². The first-order chi connectivity index (χ1) is 9.70. The molecule has 0 aliphatic heterocycles. The van der Waals surface area contributed by atoms with E-state index in [-0.39, 0.29) is 12.5 Å². The lowest BCUT2D eigenvalue weighted by Crippen LogP contribution is -2.14. The van der Waals surface area contributed by atoms with E-state index in [1.807, 2.05) is 6.07 Å². The maximum Gasteiger partial charge on any atom is 0.258 e. The first-order valence-corrected chi connectivity index (χ1v) is 6.29. The molecule has 4 nitrogen and oxygen atoms in total. The highest BCUT2D eigenvalue weighted by atomic mass is 35.5. The van der Waals surface area contributed by atoms with Gasteiger partial charge in [-0.2, -0.15) is 0 Å². The van der Waals surface area contributed by atoms with Gasteiger partial charge in [0.2, 0.25) is 0 Å². The monoisotopic (exact) mass is 285 g/mol. The maximum absolute atomic E-state index is 12.2. The van der Waals surface area contributed by atoms with Gasteiger partial charge in [-0.3, -0.25) is 4.79 Å². The van der Waals surface area contributed by atoms with Gasteiger partial charge in [-0.25, -0.2) is 4.98 Å². The van der Waals surface area contributed by atoms with Crippen molar-refractivity contribution in [2.75, 3.05) is 11.9 Å². The van der Waals surface area contributed by atoms with Crippen LogP contribution in [0.3, 0.4) is 0 Å². The second-order valence-electron chi connectivity index (χ2n) is 3.87. The lowest BCUT2D eigenvalue weighted by atomic mass is 10.1. The van der Waals surface area contributed by atoms with Crippen molar-refractivity contribution in [1.29, 1.82) is 0 Å². The number of amides is 1. The van der Waals surface area contributed by atoms with Crippen LogP contribution in [0.5, 0.6) is 0 Å². The van der Waals surface area contributed by atoms with Crippen LogP contribution in [0, 0.1) is 11.8 Å². The number of carbonyl (C=O) groups excluding carboxylic acids is 1. The van der Waals surface area contributed by atoms with Gasteiger partial charge in [0.25, 0.3) is 5.91 Å². The van der Waals surface area contributed by atoms with Crippen molar-refractivity contribution < 1.29 is 4.79 Å². The first-order valence-electron chi connectivity index (χ1n) is 5.91. The maximum atomic E-state index is 12.2. The number of rotatable bonds is 2. The topological polar surface area (TPSA) is 68.0 Å². The van der Waals surface area contributed by atoms with E-state index in [1.165, 1.54) is 6.20 Å². The number of aromatic nitrogens is 1. The highest BCUT2D eigenvalue weighted by Gasteiger charge is 2.10. The number of nitrogens with one attached hydrogen (secondary N) is 1. The van der Waals surface area contributed by atoms with Crippen molar-refractivity contribution >= 4 is 23.3 Å². The van der Waals surface area contributed by atoms with Crippen molar-refractivity contribution in [2.24, 2.45) is 5.73 Å². The molecule has 20 heavy (non-hydrogen) atoms. The van der Waals surface area contributed by atoms with E-state index in [2.05, 4.69) is 22.1 Å². The molecule has 0 radical (unpaired) electrons. The quantitative estimate of drug-likeness (QED) is 0.832. The standard InChI is InChI=1S/C15H12ClN3O/c16-12-7-8-14(18-10-12)19-15(20)13-6-2-1-4-11(13)5-3-9-17/h1-2,4,6-8,10H,9,17H2,(H,18,19,20). The molecule has 0 aliphatic rings. The van der Waals surface area contributed by atoms with Gasteiger partial charge in [-0.1, -0.05) is 35.6 Å². The van der Waals surface area contributed by atoms with E-state index in [0.29, 0.717) is 22.0 Å². The molecular formula is C15H12ClN3O. The number of pyridine rings is 1. The van der Waals surface area contributed by atoms with Crippen LogP contribution in [0.25, 0.3) is 0 Å². The Kier molecular flexibility index (Phi) is 4.72. The Bertz CT molecular complexity index is 672. The van der Waals surface area contributed by atoms with Crippen molar-refractivity contribution in [3.8, 4) is 11.8 Å². The van der Waals surface area contributed by atoms with Gasteiger partial charge in [0.15, 0.2) is 0 Å². The number of halogens is 1. The van der Waals surface area contributed by atoms with E-state index in [4.69, 9.17) is 17.3 Å². The second kappa shape index (κ2) is 6.71. The lowest BCUT2D eigenvalue weighted by molar-refractivity contribution is 0.102. The Morgan fingerprint density at radius 2 is 2.10 bits per heavy atom. The molecule has 5 heteroatoms. The number of anilines is 1. The molecular weight excluding hydrogens is 274 g/mol. The Morgan fingerprint density at radius 3 is 2.80 bits per heavy atom. The van der Waals surface area contributed by atoms with Gasteiger partial charge in [-0.05, 0) is 24.3 Å². The zero-order valence-corrected chi connectivity index (χ0v) is 11.3. The molecule has 3 N–H and O–H groups in total. The fraction of sp³-hybridized carbons (Fsp3) is 0.0667. The predicted molar refractivity (Wildman–Crippen MR) is 79.6 cm³/mol. The van der Waals surface area contributed by atoms with Crippen LogP contribution >= 0.6 is 11.6 Å². The highest BCUT2D eigenvalue weighted by molar-refractivity contribution is 6.30. The van der Waals surface area contributed by atoms with Gasteiger partial charge in [0.1, 0.15) is 5.82 Å². The molecule has 2 aromatic rings. The van der Waals surface area contributed by atoms with E-state index in [9.17, 15) is 4.79 Å². The summed E-state index contributed by atoms with van der Waals surface area (Å²) in [6.07, 6.45) is 1.47. The minimum Gasteiger partial charge on any atom is -0.320 e. The normalized spacial score (nSPS) is 9.50. The Hall–Kier alpha value is -2.35. The van der Waals surface area contributed by atoms with Gasteiger partial charge in [0.05, 0.1) is 17.1 Å². The van der Waals surface area contributed by atoms with E-state index < -0.39 is 0 Å². The summed E-state index contributed by atoms with van der Waals surface area (Å²) in [6.45, 7) is 0.245. The molecule has 0 unspecified atom stereocenters. The fourth-order valence-corrected chi connectivity index (χ4v) is 1.68. The minimum atomic E-state index is -0.276. The molecule has 0 bridgehead atoms. The molecule has 1 aromatic heterocycles. The number of nitrogens with zero attached hydrogens (tertiary/aromatic N) is 1. The van der Waals surface area contributed by atoms with E-state index >= 15 is 0 Å². The smallest absolute Gasteiger partial charge is 0.258 e. The molecule has 2 rings (SSSR count). The molecule has 0 saturated carbocycles. The van der Waals surface area contributed by atoms with Crippen molar-refractivity contribution in [3.05, 3.63) is 58.7 Å². The van der Waals surface area contributed by atoms with Crippen molar-refractivity contribution in [3.63, 3.8) is 0 Å². The molecule has 0 aliphatic carbocycles. The molecule has 1 aromatic carbocycles. The van der Waals surface area contributed by atoms with Crippen LogP contribution in [0.15, 0.2) is 42.6 Å². The summed E-state index contributed by atoms with van der Waals surface area (Å²) in [5, 5.41) is 3.21. The summed E-state index contributed by atoms with van der Waals surface area (Å²) in [5.74, 6) is 5.76. The number of nitrogens with two attached hydrogens (primary N) is 1. The number of carbonyl (C=O) groups is 1. The summed E-state index contributed by atoms with van der Waals surface area (Å²) >= 11 is 5.74. The molecule has 1 heterocycles. The Balaban J connectivity index is 2.23. The molecule has 0 atom stereocenters. The van der Waals surface area contributed by atoms with Gasteiger partial charge in [-0.15, -0.1) is 0 Å². The third kappa shape index (κ3) is 3.58. The third-order valence-electron chi connectivity index (χ3n) is 2.47. The Morgan fingerprint density at radius 1 is 1.30 bits per heavy atom. The largest absolute Gasteiger partial charge is 0.320 e. The van der Waals surface area contributed by atoms with E-state index in [1.54, 1.807) is 30.3 Å². The number of hydrogen-bond donors (Lipinski definition) is 2. The summed E-state index contributed by atoms with van der Waals surface area (Å²) in [6, 6.07) is 10.4. The zero-order chi connectivity index (χ0) is 14.4. The van der Waals surface area contributed by atoms with Crippen LogP contribution in [-0.2, 0) is 0 Å². The van der Waals surface area contributed by atoms with Crippen molar-refractivity contribution in [1.82, 2.24) is 4.98 Å². The summed E-state index contributed by atoms with van der Waals surface area (Å²) in [4.78, 5) is 16.2. The average Bonchev–Trinajstić information content (AvgIpc) is 2.47. The number of benzene rings is 1. The van der Waals surface area contributed by atoms with Crippen LogP contribution in [0.4, 0.5) is 5.82 Å². The van der Waals surface area contributed by atoms with Crippen LogP contribution in [-0.4, -0.2) is 17.4 Å². The van der Waals surface area contributed by atoms with Crippen LogP contribution < -0.4 is 11.1 Å². The van der Waals surface area contributed by atoms with Crippen molar-refractivity contribution in [2.45, 2.75) is 0 Å². The summed E-state index contributed by atoms with van der Waals surface area (Å²) in [7, 11) is 0. The van der Waals surface area contributed by atoms with Gasteiger partial charge in [0, 0.05) is 11.8 Å². The molecule has 1 amide bonds. The molecule has 100 valence electrons. The minimum absolute atomic E-state index is 0.245. The fourth-order valence-electron chi connectivity index (χ4n) is 1.57. The summed E-state index contributed by atoms with van der Waals surface area (Å²) in [5.41, 5.74) is 6.45. The lowest BCUT2D eigenvalue weighted by Gasteiger charge is -2.06. The summed E-state index contributed by atoms with van der Waals surface area (Å²) < 4.78 is 0.